The van der Waals surface area contributed by atoms with E-state index in [2.05, 4.69) is 0 Å². The van der Waals surface area contributed by atoms with Gasteiger partial charge in [0.05, 0.1) is 4.91 Å². The van der Waals surface area contributed by atoms with E-state index in [1.807, 2.05) is 19.9 Å². The molecule has 0 fully saturated rings. The minimum atomic E-state index is -3.49. The van der Waals surface area contributed by atoms with Crippen LogP contribution in [-0.2, 0) is 10.0 Å². The predicted molar refractivity (Wildman–Crippen MR) is 48.7 cm³/mol. The number of hydrogen-bond donors (Lipinski definition) is 1. The van der Waals surface area contributed by atoms with E-state index in [4.69, 9.17) is 5.14 Å². The average Bonchev–Trinajstić information content (AvgIpc) is 1.83. The van der Waals surface area contributed by atoms with E-state index in [1.165, 1.54) is 0 Å². The third kappa shape index (κ3) is 2.19. The van der Waals surface area contributed by atoms with E-state index in [-0.39, 0.29) is 5.41 Å². The first-order valence-electron chi connectivity index (χ1n) is 3.72. The maximum atomic E-state index is 10.9. The van der Waals surface area contributed by atoms with E-state index in [0.29, 0.717) is 11.3 Å². The molecule has 1 aliphatic carbocycles. The number of nitrogens with two attached hydrogens (primary N) is 1. The number of primary sulfonamides is 1. The van der Waals surface area contributed by atoms with Gasteiger partial charge in [0.25, 0.3) is 0 Å². The van der Waals surface area contributed by atoms with Gasteiger partial charge in [0.2, 0.25) is 10.0 Å². The fourth-order valence-corrected chi connectivity index (χ4v) is 2.02. The minimum absolute atomic E-state index is 0.101. The Morgan fingerprint density at radius 1 is 1.50 bits per heavy atom. The highest BCUT2D eigenvalue weighted by Gasteiger charge is 2.24. The molecular weight excluding hydrogens is 174 g/mol. The molecule has 0 radical (unpaired) electrons. The lowest BCUT2D eigenvalue weighted by Gasteiger charge is -2.23. The van der Waals surface area contributed by atoms with E-state index >= 15 is 0 Å². The molecule has 0 amide bonds. The van der Waals surface area contributed by atoms with Gasteiger partial charge in [0, 0.05) is 0 Å². The highest BCUT2D eigenvalue weighted by atomic mass is 32.2. The van der Waals surface area contributed by atoms with Crippen LogP contribution in [0.3, 0.4) is 0 Å². The molecule has 1 aliphatic rings. The standard InChI is InChI=1S/C8H13NO2S/c1-8(2)5-3-4-7(6-8)12(9,10)11/h3-5H,6H2,1-2H3,(H2,9,10,11). The summed E-state index contributed by atoms with van der Waals surface area (Å²) < 4.78 is 21.9. The van der Waals surface area contributed by atoms with Crippen LogP contribution in [0.5, 0.6) is 0 Å². The summed E-state index contributed by atoms with van der Waals surface area (Å²) in [5.41, 5.74) is -0.101. The number of allylic oxidation sites excluding steroid dienone is 4. The van der Waals surface area contributed by atoms with Gasteiger partial charge in [-0.3, -0.25) is 0 Å². The molecule has 0 unspecified atom stereocenters. The first-order chi connectivity index (χ1) is 5.31. The Labute approximate surface area is 73.0 Å². The smallest absolute Gasteiger partial charge is 0.225 e. The van der Waals surface area contributed by atoms with Gasteiger partial charge in [-0.05, 0) is 17.9 Å². The van der Waals surface area contributed by atoms with Crippen molar-refractivity contribution in [1.29, 1.82) is 0 Å². The molecule has 0 aromatic rings. The van der Waals surface area contributed by atoms with Crippen molar-refractivity contribution in [3.8, 4) is 0 Å². The van der Waals surface area contributed by atoms with Gasteiger partial charge < -0.3 is 0 Å². The second kappa shape index (κ2) is 2.71. The Morgan fingerprint density at radius 2 is 2.08 bits per heavy atom. The molecule has 1 rings (SSSR count). The second-order valence-electron chi connectivity index (χ2n) is 3.70. The zero-order valence-electron chi connectivity index (χ0n) is 7.24. The molecule has 0 spiro atoms. The molecule has 0 saturated carbocycles. The van der Waals surface area contributed by atoms with Crippen LogP contribution in [0.4, 0.5) is 0 Å². The van der Waals surface area contributed by atoms with E-state index in [9.17, 15) is 8.42 Å². The van der Waals surface area contributed by atoms with Gasteiger partial charge in [0.15, 0.2) is 0 Å². The molecule has 0 atom stereocenters. The fraction of sp³-hybridized carbons (Fsp3) is 0.500. The Hall–Kier alpha value is -0.610. The first-order valence-corrected chi connectivity index (χ1v) is 5.27. The lowest BCUT2D eigenvalue weighted by Crippen LogP contribution is -2.21. The molecule has 4 heteroatoms. The quantitative estimate of drug-likeness (QED) is 0.669. The van der Waals surface area contributed by atoms with Gasteiger partial charge >= 0.3 is 0 Å². The molecule has 2 N–H and O–H groups in total. The van der Waals surface area contributed by atoms with Crippen LogP contribution >= 0.6 is 0 Å². The highest BCUT2D eigenvalue weighted by Crippen LogP contribution is 2.31. The summed E-state index contributed by atoms with van der Waals surface area (Å²) in [6.07, 6.45) is 5.76. The maximum Gasteiger partial charge on any atom is 0.234 e. The molecule has 0 saturated heterocycles. The summed E-state index contributed by atoms with van der Waals surface area (Å²) >= 11 is 0. The van der Waals surface area contributed by atoms with Crippen LogP contribution < -0.4 is 5.14 Å². The third-order valence-electron chi connectivity index (χ3n) is 1.82. The van der Waals surface area contributed by atoms with Crippen LogP contribution in [-0.4, -0.2) is 8.42 Å². The van der Waals surface area contributed by atoms with Crippen LogP contribution in [0.1, 0.15) is 20.3 Å². The van der Waals surface area contributed by atoms with Crippen LogP contribution in [0, 0.1) is 5.41 Å². The second-order valence-corrected chi connectivity index (χ2v) is 5.32. The average molecular weight is 187 g/mol. The molecule has 0 aromatic carbocycles. The molecule has 68 valence electrons. The van der Waals surface area contributed by atoms with Crippen LogP contribution in [0.2, 0.25) is 0 Å². The molecule has 0 aromatic heterocycles. The molecule has 0 heterocycles. The van der Waals surface area contributed by atoms with Crippen LogP contribution in [0.25, 0.3) is 0 Å². The molecule has 0 bridgehead atoms. The third-order valence-corrected chi connectivity index (χ3v) is 2.84. The largest absolute Gasteiger partial charge is 0.234 e. The Bertz CT molecular complexity index is 336. The van der Waals surface area contributed by atoms with Gasteiger partial charge in [0.1, 0.15) is 0 Å². The summed E-state index contributed by atoms with van der Waals surface area (Å²) in [6.45, 7) is 3.95. The van der Waals surface area contributed by atoms with Crippen molar-refractivity contribution in [2.45, 2.75) is 20.3 Å². The van der Waals surface area contributed by atoms with Gasteiger partial charge in [-0.25, -0.2) is 13.6 Å². The van der Waals surface area contributed by atoms with Crippen molar-refractivity contribution in [1.82, 2.24) is 0 Å². The van der Waals surface area contributed by atoms with Gasteiger partial charge in [-0.1, -0.05) is 26.0 Å². The van der Waals surface area contributed by atoms with E-state index in [1.54, 1.807) is 12.2 Å². The molecule has 0 aliphatic heterocycles. The SMILES string of the molecule is CC1(C)C=CC=C(S(N)(=O)=O)C1. The number of rotatable bonds is 1. The van der Waals surface area contributed by atoms with Crippen molar-refractivity contribution in [3.63, 3.8) is 0 Å². The zero-order valence-corrected chi connectivity index (χ0v) is 8.06. The van der Waals surface area contributed by atoms with Gasteiger partial charge in [-0.15, -0.1) is 0 Å². The summed E-state index contributed by atoms with van der Waals surface area (Å²) in [6, 6.07) is 0. The summed E-state index contributed by atoms with van der Waals surface area (Å²) in [5, 5.41) is 5.00. The van der Waals surface area contributed by atoms with E-state index in [0.717, 1.165) is 0 Å². The number of hydrogen-bond acceptors (Lipinski definition) is 2. The van der Waals surface area contributed by atoms with Crippen molar-refractivity contribution in [2.75, 3.05) is 0 Å². The molecular formula is C8H13NO2S. The Morgan fingerprint density at radius 3 is 2.42 bits per heavy atom. The fourth-order valence-electron chi connectivity index (χ4n) is 1.18. The minimum Gasteiger partial charge on any atom is -0.225 e. The zero-order chi connectivity index (χ0) is 9.41. The normalized spacial score (nSPS) is 22.1. The summed E-state index contributed by atoms with van der Waals surface area (Å²) in [4.78, 5) is 0.315. The van der Waals surface area contributed by atoms with Crippen molar-refractivity contribution in [2.24, 2.45) is 10.6 Å². The lowest BCUT2D eigenvalue weighted by atomic mass is 9.86. The lowest BCUT2D eigenvalue weighted by molar-refractivity contribution is 0.475. The van der Waals surface area contributed by atoms with Crippen molar-refractivity contribution < 1.29 is 8.42 Å². The topological polar surface area (TPSA) is 60.2 Å². The van der Waals surface area contributed by atoms with E-state index < -0.39 is 10.0 Å². The maximum absolute atomic E-state index is 10.9. The molecule has 3 nitrogen and oxygen atoms in total. The first kappa shape index (κ1) is 9.48. The molecule has 12 heavy (non-hydrogen) atoms. The number of sulfonamides is 1. The summed E-state index contributed by atoms with van der Waals surface area (Å²) in [5.74, 6) is 0. The predicted octanol–water partition coefficient (Wildman–Crippen LogP) is 1.14. The monoisotopic (exact) mass is 187 g/mol. The summed E-state index contributed by atoms with van der Waals surface area (Å²) in [7, 11) is -3.49. The Kier molecular flexibility index (Phi) is 2.14. The highest BCUT2D eigenvalue weighted by molar-refractivity contribution is 7.93. The van der Waals surface area contributed by atoms with Crippen molar-refractivity contribution >= 4 is 10.0 Å². The van der Waals surface area contributed by atoms with Crippen LogP contribution in [0.15, 0.2) is 23.1 Å². The van der Waals surface area contributed by atoms with Gasteiger partial charge in [-0.2, -0.15) is 0 Å². The van der Waals surface area contributed by atoms with Crippen molar-refractivity contribution in [3.05, 3.63) is 23.1 Å². The Balaban J connectivity index is 3.00.